The van der Waals surface area contributed by atoms with E-state index in [0.29, 0.717) is 12.1 Å². The van der Waals surface area contributed by atoms with Crippen LogP contribution in [0.15, 0.2) is 42.5 Å². The molecule has 0 saturated carbocycles. The highest BCUT2D eigenvalue weighted by molar-refractivity contribution is 5.98. The summed E-state index contributed by atoms with van der Waals surface area (Å²) < 4.78 is 0. The monoisotopic (exact) mass is 353 g/mol. The minimum Gasteiger partial charge on any atom is -0.352 e. The molecule has 2 N–H and O–H groups in total. The Bertz CT molecular complexity index is 764. The van der Waals surface area contributed by atoms with Gasteiger partial charge >= 0.3 is 0 Å². The number of ketones is 1. The molecule has 0 aliphatic carbocycles. The largest absolute Gasteiger partial charge is 0.352 e. The molecule has 26 heavy (non-hydrogen) atoms. The first kappa shape index (κ1) is 19.9. The van der Waals surface area contributed by atoms with Crippen molar-refractivity contribution in [2.75, 3.05) is 14.1 Å². The maximum absolute atomic E-state index is 12.2. The second-order valence-corrected chi connectivity index (χ2v) is 7.20. The number of rotatable bonds is 8. The summed E-state index contributed by atoms with van der Waals surface area (Å²) in [7, 11) is 4.24. The van der Waals surface area contributed by atoms with E-state index < -0.39 is 0 Å². The number of carbonyl (C=O) groups excluding carboxylic acids is 2. The summed E-state index contributed by atoms with van der Waals surface area (Å²) in [6.45, 7) is 5.48. The van der Waals surface area contributed by atoms with Crippen LogP contribution in [0.5, 0.6) is 0 Å². The SMILES string of the molecule is Cc1ccc(C(=O)CCC(=O)NCc2ccc(C[NH+](C)C)cc2)cc1C. The molecule has 0 atom stereocenters. The topological polar surface area (TPSA) is 50.6 Å². The van der Waals surface area contributed by atoms with Crippen molar-refractivity contribution >= 4 is 11.7 Å². The lowest BCUT2D eigenvalue weighted by molar-refractivity contribution is -0.872. The van der Waals surface area contributed by atoms with Gasteiger partial charge in [-0.05, 0) is 36.6 Å². The van der Waals surface area contributed by atoms with Crippen molar-refractivity contribution < 1.29 is 14.5 Å². The smallest absolute Gasteiger partial charge is 0.220 e. The molecular weight excluding hydrogens is 324 g/mol. The van der Waals surface area contributed by atoms with Crippen LogP contribution in [0.2, 0.25) is 0 Å². The van der Waals surface area contributed by atoms with Gasteiger partial charge in [0.1, 0.15) is 6.54 Å². The molecule has 0 saturated heterocycles. The summed E-state index contributed by atoms with van der Waals surface area (Å²) in [5, 5.41) is 2.89. The number of carbonyl (C=O) groups is 2. The van der Waals surface area contributed by atoms with Crippen LogP contribution >= 0.6 is 0 Å². The highest BCUT2D eigenvalue weighted by atomic mass is 16.2. The molecular formula is C22H29N2O2+. The van der Waals surface area contributed by atoms with Crippen LogP contribution in [-0.2, 0) is 17.9 Å². The zero-order chi connectivity index (χ0) is 19.1. The predicted molar refractivity (Wildman–Crippen MR) is 104 cm³/mol. The average Bonchev–Trinajstić information content (AvgIpc) is 2.61. The molecule has 0 aliphatic heterocycles. The Kier molecular flexibility index (Phi) is 7.10. The van der Waals surface area contributed by atoms with E-state index >= 15 is 0 Å². The summed E-state index contributed by atoms with van der Waals surface area (Å²) in [5.74, 6) is -0.0808. The van der Waals surface area contributed by atoms with E-state index in [4.69, 9.17) is 0 Å². The van der Waals surface area contributed by atoms with Gasteiger partial charge in [-0.25, -0.2) is 0 Å². The highest BCUT2D eigenvalue weighted by Crippen LogP contribution is 2.12. The zero-order valence-corrected chi connectivity index (χ0v) is 16.2. The van der Waals surface area contributed by atoms with E-state index in [0.717, 1.165) is 23.2 Å². The first-order chi connectivity index (χ1) is 12.3. The van der Waals surface area contributed by atoms with Gasteiger partial charge in [0.2, 0.25) is 5.91 Å². The van der Waals surface area contributed by atoms with E-state index in [1.54, 1.807) is 0 Å². The van der Waals surface area contributed by atoms with E-state index in [-0.39, 0.29) is 24.5 Å². The van der Waals surface area contributed by atoms with Gasteiger partial charge in [0, 0.05) is 30.5 Å². The summed E-state index contributed by atoms with van der Waals surface area (Å²) in [6.07, 6.45) is 0.451. The van der Waals surface area contributed by atoms with Crippen LogP contribution in [-0.4, -0.2) is 25.8 Å². The van der Waals surface area contributed by atoms with E-state index in [1.165, 1.54) is 10.5 Å². The van der Waals surface area contributed by atoms with Crippen molar-refractivity contribution in [1.82, 2.24) is 5.32 Å². The fourth-order valence-electron chi connectivity index (χ4n) is 2.76. The molecule has 0 unspecified atom stereocenters. The number of quaternary nitrogens is 1. The molecule has 0 spiro atoms. The number of benzene rings is 2. The first-order valence-electron chi connectivity index (χ1n) is 9.09. The van der Waals surface area contributed by atoms with Crippen molar-refractivity contribution in [1.29, 1.82) is 0 Å². The normalized spacial score (nSPS) is 10.8. The number of hydrogen-bond donors (Lipinski definition) is 2. The molecule has 0 bridgehead atoms. The predicted octanol–water partition coefficient (Wildman–Crippen LogP) is 2.23. The van der Waals surface area contributed by atoms with Crippen molar-refractivity contribution in [2.24, 2.45) is 0 Å². The molecule has 4 nitrogen and oxygen atoms in total. The molecule has 0 aliphatic rings. The number of nitrogens with one attached hydrogen (secondary N) is 2. The Balaban J connectivity index is 1.78. The minimum atomic E-state index is -0.0935. The molecule has 0 radical (unpaired) electrons. The van der Waals surface area contributed by atoms with Crippen LogP contribution in [0.4, 0.5) is 0 Å². The summed E-state index contributed by atoms with van der Waals surface area (Å²) >= 11 is 0. The van der Waals surface area contributed by atoms with Crippen molar-refractivity contribution in [3.63, 3.8) is 0 Å². The maximum Gasteiger partial charge on any atom is 0.220 e. The summed E-state index contributed by atoms with van der Waals surface area (Å²) in [6, 6.07) is 13.9. The molecule has 0 aromatic heterocycles. The lowest BCUT2D eigenvalue weighted by Crippen LogP contribution is -3.04. The molecule has 4 heteroatoms. The fraction of sp³-hybridized carbons (Fsp3) is 0.364. The Morgan fingerprint density at radius 1 is 0.885 bits per heavy atom. The third kappa shape index (κ3) is 6.12. The van der Waals surface area contributed by atoms with Crippen LogP contribution in [0.1, 0.15) is 45.5 Å². The van der Waals surface area contributed by atoms with E-state index in [9.17, 15) is 9.59 Å². The summed E-state index contributed by atoms with van der Waals surface area (Å²) in [5.41, 5.74) is 5.28. The van der Waals surface area contributed by atoms with Gasteiger partial charge in [-0.15, -0.1) is 0 Å². The number of amides is 1. The Hall–Kier alpha value is -2.46. The molecule has 2 aromatic rings. The second kappa shape index (κ2) is 9.30. The lowest BCUT2D eigenvalue weighted by Gasteiger charge is -2.09. The van der Waals surface area contributed by atoms with Crippen LogP contribution < -0.4 is 10.2 Å². The molecule has 2 rings (SSSR count). The van der Waals surface area contributed by atoms with E-state index in [1.807, 2.05) is 44.2 Å². The van der Waals surface area contributed by atoms with Crippen LogP contribution in [0.3, 0.4) is 0 Å². The first-order valence-corrected chi connectivity index (χ1v) is 9.09. The standard InChI is InChI=1S/C22H28N2O2/c1-16-5-10-20(13-17(16)2)21(25)11-12-22(26)23-14-18-6-8-19(9-7-18)15-24(3)4/h5-10,13H,11-12,14-15H2,1-4H3,(H,23,26)/p+1. The molecule has 2 aromatic carbocycles. The van der Waals surface area contributed by atoms with Gasteiger partial charge in [-0.2, -0.15) is 0 Å². The molecule has 0 fully saturated rings. The lowest BCUT2D eigenvalue weighted by atomic mass is 10.0. The second-order valence-electron chi connectivity index (χ2n) is 7.20. The Morgan fingerprint density at radius 3 is 2.15 bits per heavy atom. The van der Waals surface area contributed by atoms with Gasteiger partial charge in [0.25, 0.3) is 0 Å². The Morgan fingerprint density at radius 2 is 1.54 bits per heavy atom. The molecule has 138 valence electrons. The number of hydrogen-bond acceptors (Lipinski definition) is 2. The van der Waals surface area contributed by atoms with Gasteiger partial charge < -0.3 is 10.2 Å². The van der Waals surface area contributed by atoms with Crippen molar-refractivity contribution in [3.05, 3.63) is 70.3 Å². The minimum absolute atomic E-state index is 0.0128. The van der Waals surface area contributed by atoms with Gasteiger partial charge in [-0.3, -0.25) is 9.59 Å². The summed E-state index contributed by atoms with van der Waals surface area (Å²) in [4.78, 5) is 25.6. The quantitative estimate of drug-likeness (QED) is 0.715. The van der Waals surface area contributed by atoms with Crippen molar-refractivity contribution in [3.8, 4) is 0 Å². The van der Waals surface area contributed by atoms with Crippen molar-refractivity contribution in [2.45, 2.75) is 39.8 Å². The van der Waals surface area contributed by atoms with E-state index in [2.05, 4.69) is 31.5 Å². The molecule has 1 amide bonds. The van der Waals surface area contributed by atoms with Crippen LogP contribution in [0.25, 0.3) is 0 Å². The van der Waals surface area contributed by atoms with Gasteiger partial charge in [-0.1, -0.05) is 36.4 Å². The Labute approximate surface area is 156 Å². The number of Topliss-reactive ketones (excluding diaryl/α,β-unsaturated/α-hetero) is 1. The van der Waals surface area contributed by atoms with Gasteiger partial charge in [0.15, 0.2) is 5.78 Å². The number of aryl methyl sites for hydroxylation is 2. The maximum atomic E-state index is 12.2. The highest BCUT2D eigenvalue weighted by Gasteiger charge is 2.10. The van der Waals surface area contributed by atoms with Gasteiger partial charge in [0.05, 0.1) is 14.1 Å². The average molecular weight is 353 g/mol. The van der Waals surface area contributed by atoms with Crippen LogP contribution in [0, 0.1) is 13.8 Å². The third-order valence-electron chi connectivity index (χ3n) is 4.48. The third-order valence-corrected chi connectivity index (χ3v) is 4.48. The zero-order valence-electron chi connectivity index (χ0n) is 16.2. The molecule has 0 heterocycles. The fourth-order valence-corrected chi connectivity index (χ4v) is 2.76.